The molecule has 2 aliphatic heterocycles. The molecule has 45 heavy (non-hydrogen) atoms. The number of amides is 1. The number of nitrogens with zero attached hydrogens (tertiary/aromatic N) is 4. The van der Waals surface area contributed by atoms with Crippen LogP contribution < -0.4 is 9.64 Å². The van der Waals surface area contributed by atoms with E-state index in [1.807, 2.05) is 35.2 Å². The summed E-state index contributed by atoms with van der Waals surface area (Å²) in [6, 6.07) is 19.8. The van der Waals surface area contributed by atoms with Crippen molar-refractivity contribution in [1.29, 1.82) is 5.26 Å². The molecule has 0 bridgehead atoms. The Hall–Kier alpha value is -4.55. The largest absolute Gasteiger partial charge is 0.489 e. The zero-order chi connectivity index (χ0) is 31.3. The van der Waals surface area contributed by atoms with Gasteiger partial charge in [0.25, 0.3) is 5.91 Å². The van der Waals surface area contributed by atoms with Crippen molar-refractivity contribution < 1.29 is 23.5 Å². The molecule has 1 saturated carbocycles. The van der Waals surface area contributed by atoms with Gasteiger partial charge in [-0.2, -0.15) is 5.26 Å². The van der Waals surface area contributed by atoms with E-state index in [1.165, 1.54) is 11.6 Å². The molecule has 0 unspecified atom stereocenters. The fraction of sp³-hybridized carbons (Fsp3) is 0.389. The SMILES string of the molecule is N#Cc1ccc(N2CCN(Cc3ccc(COc4cccc5c4CN([C@@H]4CCC(=O)CCCCC4=O)C5=O)cc3)CC2)c(F)c1. The minimum absolute atomic E-state index is 0.0375. The number of anilines is 1. The summed E-state index contributed by atoms with van der Waals surface area (Å²) in [6.45, 7) is 4.48. The molecule has 8 nitrogen and oxygen atoms in total. The molecule has 9 heteroatoms. The molecular formula is C36H37FN4O4. The first-order chi connectivity index (χ1) is 21.9. The Bertz CT molecular complexity index is 1620. The molecule has 2 fully saturated rings. The molecule has 1 amide bonds. The first-order valence-electron chi connectivity index (χ1n) is 15.7. The van der Waals surface area contributed by atoms with Crippen LogP contribution in [0.2, 0.25) is 0 Å². The van der Waals surface area contributed by atoms with Crippen LogP contribution in [0.4, 0.5) is 10.1 Å². The Labute approximate surface area is 263 Å². The minimum Gasteiger partial charge on any atom is -0.489 e. The molecule has 3 aromatic carbocycles. The van der Waals surface area contributed by atoms with Crippen molar-refractivity contribution >= 4 is 23.2 Å². The van der Waals surface area contributed by atoms with Crippen molar-refractivity contribution in [2.45, 2.75) is 64.3 Å². The summed E-state index contributed by atoms with van der Waals surface area (Å²) in [4.78, 5) is 44.5. The van der Waals surface area contributed by atoms with E-state index < -0.39 is 6.04 Å². The fourth-order valence-electron chi connectivity index (χ4n) is 6.55. The molecule has 0 N–H and O–H groups in total. The van der Waals surface area contributed by atoms with Gasteiger partial charge in [0, 0.05) is 63.1 Å². The summed E-state index contributed by atoms with van der Waals surface area (Å²) in [5.41, 5.74) is 4.40. The van der Waals surface area contributed by atoms with Gasteiger partial charge < -0.3 is 14.5 Å². The Morgan fingerprint density at radius 1 is 0.889 bits per heavy atom. The Balaban J connectivity index is 1.03. The number of carbonyl (C=O) groups is 3. The van der Waals surface area contributed by atoms with Crippen LogP contribution >= 0.6 is 0 Å². The number of carbonyl (C=O) groups excluding carboxylic acids is 3. The summed E-state index contributed by atoms with van der Waals surface area (Å²) in [5.74, 6) is 0.300. The summed E-state index contributed by atoms with van der Waals surface area (Å²) < 4.78 is 20.7. The van der Waals surface area contributed by atoms with Gasteiger partial charge in [-0.15, -0.1) is 0 Å². The highest BCUT2D eigenvalue weighted by molar-refractivity contribution is 6.02. The van der Waals surface area contributed by atoms with Crippen LogP contribution in [-0.4, -0.2) is 59.5 Å². The number of ether oxygens (including phenoxy) is 1. The van der Waals surface area contributed by atoms with Gasteiger partial charge in [-0.3, -0.25) is 19.3 Å². The highest BCUT2D eigenvalue weighted by atomic mass is 19.1. The number of piperazine rings is 1. The molecule has 0 radical (unpaired) electrons. The van der Waals surface area contributed by atoms with Crippen molar-refractivity contribution in [3.05, 3.63) is 94.3 Å². The highest BCUT2D eigenvalue weighted by Crippen LogP contribution is 2.34. The Morgan fingerprint density at radius 2 is 1.64 bits per heavy atom. The minimum atomic E-state index is -0.576. The average molecular weight is 609 g/mol. The zero-order valence-electron chi connectivity index (χ0n) is 25.3. The van der Waals surface area contributed by atoms with Gasteiger partial charge in [0.15, 0.2) is 5.78 Å². The van der Waals surface area contributed by atoms with Crippen molar-refractivity contribution in [3.8, 4) is 11.8 Å². The van der Waals surface area contributed by atoms with Crippen LogP contribution in [0.25, 0.3) is 0 Å². The third-order valence-electron chi connectivity index (χ3n) is 9.14. The van der Waals surface area contributed by atoms with Crippen LogP contribution in [0.1, 0.15) is 71.1 Å². The maximum atomic E-state index is 14.5. The van der Waals surface area contributed by atoms with Crippen molar-refractivity contribution in [3.63, 3.8) is 0 Å². The molecule has 1 saturated heterocycles. The van der Waals surface area contributed by atoms with Crippen LogP contribution in [0.5, 0.6) is 5.75 Å². The number of ketones is 2. The smallest absolute Gasteiger partial charge is 0.255 e. The molecule has 3 aliphatic rings. The fourth-order valence-corrected chi connectivity index (χ4v) is 6.55. The van der Waals surface area contributed by atoms with E-state index in [9.17, 15) is 18.8 Å². The summed E-state index contributed by atoms with van der Waals surface area (Å²) in [6.07, 6.45) is 3.02. The Kier molecular flexibility index (Phi) is 9.22. The second-order valence-electron chi connectivity index (χ2n) is 12.1. The third-order valence-corrected chi connectivity index (χ3v) is 9.14. The molecule has 1 aliphatic carbocycles. The topological polar surface area (TPSA) is 93.9 Å². The summed E-state index contributed by atoms with van der Waals surface area (Å²) in [5, 5.41) is 8.99. The van der Waals surface area contributed by atoms with Crippen molar-refractivity contribution in [2.75, 3.05) is 31.1 Å². The van der Waals surface area contributed by atoms with Gasteiger partial charge in [0.2, 0.25) is 0 Å². The van der Waals surface area contributed by atoms with E-state index in [-0.39, 0.29) is 23.3 Å². The van der Waals surface area contributed by atoms with E-state index in [1.54, 1.807) is 23.1 Å². The van der Waals surface area contributed by atoms with Crippen LogP contribution in [-0.2, 0) is 29.3 Å². The number of hydrogen-bond acceptors (Lipinski definition) is 7. The summed E-state index contributed by atoms with van der Waals surface area (Å²) in [7, 11) is 0. The molecular weight excluding hydrogens is 571 g/mol. The van der Waals surface area contributed by atoms with Crippen LogP contribution in [0.15, 0.2) is 60.7 Å². The number of fused-ring (bicyclic) bond motifs is 1. The van der Waals surface area contributed by atoms with Crippen molar-refractivity contribution in [2.24, 2.45) is 0 Å². The molecule has 2 heterocycles. The van der Waals surface area contributed by atoms with E-state index in [0.717, 1.165) is 37.2 Å². The average Bonchev–Trinajstić information content (AvgIpc) is 3.42. The van der Waals surface area contributed by atoms with Gasteiger partial charge in [0.1, 0.15) is 24.0 Å². The molecule has 1 atom stereocenters. The molecule has 232 valence electrons. The lowest BCUT2D eigenvalue weighted by Crippen LogP contribution is -2.46. The van der Waals surface area contributed by atoms with E-state index in [4.69, 9.17) is 10.00 Å². The van der Waals surface area contributed by atoms with Gasteiger partial charge >= 0.3 is 0 Å². The van der Waals surface area contributed by atoms with Crippen LogP contribution in [0.3, 0.4) is 0 Å². The monoisotopic (exact) mass is 608 g/mol. The lowest BCUT2D eigenvalue weighted by atomic mass is 10.0. The maximum Gasteiger partial charge on any atom is 0.255 e. The van der Waals surface area contributed by atoms with Crippen LogP contribution in [0, 0.1) is 17.1 Å². The number of hydrogen-bond donors (Lipinski definition) is 0. The van der Waals surface area contributed by atoms with Gasteiger partial charge in [-0.05, 0) is 60.7 Å². The quantitative estimate of drug-likeness (QED) is 0.354. The second-order valence-corrected chi connectivity index (χ2v) is 12.1. The molecule has 3 aromatic rings. The van der Waals surface area contributed by atoms with E-state index >= 15 is 0 Å². The molecule has 6 rings (SSSR count). The lowest BCUT2D eigenvalue weighted by molar-refractivity contribution is -0.124. The van der Waals surface area contributed by atoms with E-state index in [2.05, 4.69) is 17.0 Å². The van der Waals surface area contributed by atoms with Crippen molar-refractivity contribution in [1.82, 2.24) is 9.80 Å². The first-order valence-corrected chi connectivity index (χ1v) is 15.7. The standard InChI is InChI=1S/C36H37FN4O4/c37-31-20-27(21-38)12-14-32(31)40-18-16-39(17-19-40)22-25-8-10-26(11-9-25)24-45-35-7-3-5-29-30(35)23-41(36(29)44)33-15-13-28(42)4-1-2-6-34(33)43/h3,5,7-12,14,20,33H,1-2,4,6,13,15-19,22-24H2/t33-/m1/s1. The number of halogens is 1. The maximum absolute atomic E-state index is 14.5. The normalized spacial score (nSPS) is 19.5. The predicted octanol–water partition coefficient (Wildman–Crippen LogP) is 5.42. The third kappa shape index (κ3) is 6.91. The predicted molar refractivity (Wildman–Crippen MR) is 167 cm³/mol. The molecule has 0 spiro atoms. The zero-order valence-corrected chi connectivity index (χ0v) is 25.3. The second kappa shape index (κ2) is 13.6. The highest BCUT2D eigenvalue weighted by Gasteiger charge is 2.38. The molecule has 0 aromatic heterocycles. The lowest BCUT2D eigenvalue weighted by Gasteiger charge is -2.36. The van der Waals surface area contributed by atoms with Gasteiger partial charge in [-0.25, -0.2) is 4.39 Å². The number of Topliss-reactive ketones (excluding diaryl/α,β-unsaturated/α-hetero) is 2. The van der Waals surface area contributed by atoms with Gasteiger partial charge in [0.05, 0.1) is 29.9 Å². The van der Waals surface area contributed by atoms with Gasteiger partial charge in [-0.1, -0.05) is 30.3 Å². The Morgan fingerprint density at radius 3 is 2.40 bits per heavy atom. The number of rotatable bonds is 7. The van der Waals surface area contributed by atoms with E-state index in [0.29, 0.717) is 80.9 Å². The number of benzene rings is 3. The first kappa shape index (κ1) is 30.5. The summed E-state index contributed by atoms with van der Waals surface area (Å²) >= 11 is 0. The number of nitriles is 1.